The molecule has 4 heteroatoms. The summed E-state index contributed by atoms with van der Waals surface area (Å²) in [7, 11) is 1.62. The second-order valence-electron chi connectivity index (χ2n) is 4.25. The lowest BCUT2D eigenvalue weighted by atomic mass is 9.86. The van der Waals surface area contributed by atoms with Crippen molar-refractivity contribution in [2.45, 2.75) is 19.3 Å². The van der Waals surface area contributed by atoms with Crippen molar-refractivity contribution in [1.82, 2.24) is 0 Å². The highest BCUT2D eigenvalue weighted by Crippen LogP contribution is 2.43. The van der Waals surface area contributed by atoms with Crippen molar-refractivity contribution >= 4 is 34.2 Å². The van der Waals surface area contributed by atoms with Crippen LogP contribution in [0.5, 0.6) is 0 Å². The zero-order chi connectivity index (χ0) is 11.4. The van der Waals surface area contributed by atoms with Crippen LogP contribution < -0.4 is 4.90 Å². The zero-order valence-electron chi connectivity index (χ0n) is 8.77. The first kappa shape index (κ1) is 10.9. The van der Waals surface area contributed by atoms with Crippen LogP contribution >= 0.6 is 22.6 Å². The number of halogens is 2. The van der Waals surface area contributed by atoms with Gasteiger partial charge in [-0.05, 0) is 48.1 Å². The Balaban J connectivity index is 2.77. The van der Waals surface area contributed by atoms with Crippen LogP contribution in [0, 0.1) is 9.39 Å². The van der Waals surface area contributed by atoms with Gasteiger partial charge in [0.25, 0.3) is 0 Å². The standard InChI is InChI=1S/C11H11FINO/c1-11(2)6-4-5-7(13)8(12)9(6)14(3)10(11)15/h4-5H,1-3H3. The molecule has 15 heavy (non-hydrogen) atoms. The molecule has 1 aliphatic heterocycles. The monoisotopic (exact) mass is 319 g/mol. The Bertz CT molecular complexity index is 456. The van der Waals surface area contributed by atoms with Gasteiger partial charge in [-0.2, -0.15) is 0 Å². The van der Waals surface area contributed by atoms with Crippen LogP contribution in [-0.4, -0.2) is 13.0 Å². The second kappa shape index (κ2) is 3.17. The Kier molecular flexibility index (Phi) is 2.29. The maximum atomic E-state index is 13.9. The maximum absolute atomic E-state index is 13.9. The van der Waals surface area contributed by atoms with Gasteiger partial charge in [-0.25, -0.2) is 4.39 Å². The number of rotatable bonds is 0. The molecule has 0 bridgehead atoms. The van der Waals surface area contributed by atoms with Gasteiger partial charge in [-0.15, -0.1) is 0 Å². The SMILES string of the molecule is CN1C(=O)C(C)(C)c2ccc(I)c(F)c21. The predicted octanol–water partition coefficient (Wildman–Crippen LogP) is 2.68. The minimum Gasteiger partial charge on any atom is -0.312 e. The number of likely N-dealkylation sites (N-methyl/N-ethyl adjacent to an activating group) is 1. The molecule has 1 aromatic rings. The summed E-state index contributed by atoms with van der Waals surface area (Å²) < 4.78 is 14.4. The average Bonchev–Trinajstić information content (AvgIpc) is 2.34. The number of amides is 1. The number of hydrogen-bond acceptors (Lipinski definition) is 1. The highest BCUT2D eigenvalue weighted by molar-refractivity contribution is 14.1. The number of benzene rings is 1. The van der Waals surface area contributed by atoms with E-state index in [4.69, 9.17) is 0 Å². The second-order valence-corrected chi connectivity index (χ2v) is 5.41. The van der Waals surface area contributed by atoms with E-state index in [-0.39, 0.29) is 11.7 Å². The summed E-state index contributed by atoms with van der Waals surface area (Å²) in [5, 5.41) is 0. The first-order chi connectivity index (χ1) is 6.87. The molecule has 0 spiro atoms. The zero-order valence-corrected chi connectivity index (χ0v) is 10.9. The molecule has 1 aliphatic rings. The van der Waals surface area contributed by atoms with Crippen molar-refractivity contribution in [3.05, 3.63) is 27.1 Å². The number of hydrogen-bond donors (Lipinski definition) is 0. The number of fused-ring (bicyclic) bond motifs is 1. The molecule has 0 radical (unpaired) electrons. The highest BCUT2D eigenvalue weighted by Gasteiger charge is 2.43. The highest BCUT2D eigenvalue weighted by atomic mass is 127. The van der Waals surface area contributed by atoms with Crippen molar-refractivity contribution in [2.24, 2.45) is 0 Å². The van der Waals surface area contributed by atoms with Gasteiger partial charge >= 0.3 is 0 Å². The van der Waals surface area contributed by atoms with E-state index in [1.54, 1.807) is 13.1 Å². The Hall–Kier alpha value is -0.650. The van der Waals surface area contributed by atoms with Crippen LogP contribution in [-0.2, 0) is 10.2 Å². The lowest BCUT2D eigenvalue weighted by Gasteiger charge is -2.16. The fraction of sp³-hybridized carbons (Fsp3) is 0.364. The Morgan fingerprint density at radius 2 is 2.00 bits per heavy atom. The van der Waals surface area contributed by atoms with Crippen LogP contribution in [0.2, 0.25) is 0 Å². The van der Waals surface area contributed by atoms with Crippen molar-refractivity contribution in [3.8, 4) is 0 Å². The van der Waals surface area contributed by atoms with Crippen molar-refractivity contribution in [3.63, 3.8) is 0 Å². The summed E-state index contributed by atoms with van der Waals surface area (Å²) in [6.07, 6.45) is 0. The van der Waals surface area contributed by atoms with Crippen molar-refractivity contribution in [2.75, 3.05) is 11.9 Å². The molecule has 0 atom stereocenters. The van der Waals surface area contributed by atoms with E-state index in [1.165, 1.54) is 4.90 Å². The quantitative estimate of drug-likeness (QED) is 0.673. The van der Waals surface area contributed by atoms with E-state index < -0.39 is 5.41 Å². The lowest BCUT2D eigenvalue weighted by Crippen LogP contribution is -2.33. The first-order valence-electron chi connectivity index (χ1n) is 4.64. The van der Waals surface area contributed by atoms with Crippen LogP contribution in [0.25, 0.3) is 0 Å². The van der Waals surface area contributed by atoms with Gasteiger partial charge in [0.2, 0.25) is 5.91 Å². The first-order valence-corrected chi connectivity index (χ1v) is 5.72. The third-order valence-electron chi connectivity index (χ3n) is 2.92. The molecule has 0 N–H and O–H groups in total. The molecule has 0 unspecified atom stereocenters. The van der Waals surface area contributed by atoms with Crippen molar-refractivity contribution in [1.29, 1.82) is 0 Å². The molecule has 2 rings (SSSR count). The summed E-state index contributed by atoms with van der Waals surface area (Å²) >= 11 is 1.93. The fourth-order valence-electron chi connectivity index (χ4n) is 2.01. The molecule has 2 nitrogen and oxygen atoms in total. The third kappa shape index (κ3) is 1.30. The fourth-order valence-corrected chi connectivity index (χ4v) is 2.44. The maximum Gasteiger partial charge on any atom is 0.236 e. The summed E-state index contributed by atoms with van der Waals surface area (Å²) in [6.45, 7) is 3.65. The predicted molar refractivity (Wildman–Crippen MR) is 65.6 cm³/mol. The summed E-state index contributed by atoms with van der Waals surface area (Å²) in [5.74, 6) is -0.354. The Morgan fingerprint density at radius 3 is 2.60 bits per heavy atom. The molecule has 80 valence electrons. The van der Waals surface area contributed by atoms with Gasteiger partial charge in [-0.3, -0.25) is 4.79 Å². The van der Waals surface area contributed by atoms with E-state index in [0.717, 1.165) is 5.56 Å². The van der Waals surface area contributed by atoms with Crippen LogP contribution in [0.3, 0.4) is 0 Å². The number of carbonyl (C=O) groups is 1. The topological polar surface area (TPSA) is 20.3 Å². The van der Waals surface area contributed by atoms with Gasteiger partial charge < -0.3 is 4.90 Å². The molecular weight excluding hydrogens is 308 g/mol. The molecule has 1 amide bonds. The van der Waals surface area contributed by atoms with Gasteiger partial charge in [0.15, 0.2) is 5.82 Å². The Labute approximate surface area is 102 Å². The summed E-state index contributed by atoms with van der Waals surface area (Å²) in [4.78, 5) is 13.3. The molecular formula is C11H11FINO. The van der Waals surface area contributed by atoms with Crippen LogP contribution in [0.1, 0.15) is 19.4 Å². The lowest BCUT2D eigenvalue weighted by molar-refractivity contribution is -0.121. The average molecular weight is 319 g/mol. The third-order valence-corrected chi connectivity index (χ3v) is 3.75. The minimum atomic E-state index is -0.616. The van der Waals surface area contributed by atoms with Crippen molar-refractivity contribution < 1.29 is 9.18 Å². The van der Waals surface area contributed by atoms with Crippen LogP contribution in [0.4, 0.5) is 10.1 Å². The molecule has 0 aromatic heterocycles. The number of anilines is 1. The normalized spacial score (nSPS) is 18.2. The van der Waals surface area contributed by atoms with Gasteiger partial charge in [0, 0.05) is 7.05 Å². The molecule has 0 saturated heterocycles. The molecule has 0 saturated carbocycles. The minimum absolute atomic E-state index is 0.0570. The number of carbonyl (C=O) groups excluding carboxylic acids is 1. The van der Waals surface area contributed by atoms with E-state index in [9.17, 15) is 9.18 Å². The molecule has 0 fully saturated rings. The number of nitrogens with zero attached hydrogens (tertiary/aromatic N) is 1. The largest absolute Gasteiger partial charge is 0.312 e. The van der Waals surface area contributed by atoms with E-state index in [2.05, 4.69) is 0 Å². The molecule has 1 aromatic carbocycles. The summed E-state index contributed by atoms with van der Waals surface area (Å²) in [5.41, 5.74) is 0.583. The van der Waals surface area contributed by atoms with E-state index in [0.29, 0.717) is 9.26 Å². The smallest absolute Gasteiger partial charge is 0.236 e. The van der Waals surface area contributed by atoms with E-state index in [1.807, 2.05) is 42.5 Å². The van der Waals surface area contributed by atoms with Gasteiger partial charge in [-0.1, -0.05) is 6.07 Å². The van der Waals surface area contributed by atoms with Crippen LogP contribution in [0.15, 0.2) is 12.1 Å². The van der Waals surface area contributed by atoms with Gasteiger partial charge in [0.05, 0.1) is 14.7 Å². The summed E-state index contributed by atoms with van der Waals surface area (Å²) in [6, 6.07) is 3.55. The Morgan fingerprint density at radius 1 is 1.40 bits per heavy atom. The van der Waals surface area contributed by atoms with Gasteiger partial charge in [0.1, 0.15) is 0 Å². The molecule has 1 heterocycles. The molecule has 0 aliphatic carbocycles. The van der Waals surface area contributed by atoms with E-state index >= 15 is 0 Å².